The Morgan fingerprint density at radius 3 is 2.54 bits per heavy atom. The van der Waals surface area contributed by atoms with Gasteiger partial charge in [0.15, 0.2) is 0 Å². The molecule has 0 unspecified atom stereocenters. The van der Waals surface area contributed by atoms with E-state index in [1.54, 1.807) is 24.5 Å². The summed E-state index contributed by atoms with van der Waals surface area (Å²) in [5.74, 6) is 0.910. The van der Waals surface area contributed by atoms with Crippen molar-refractivity contribution in [2.45, 2.75) is 51.0 Å². The summed E-state index contributed by atoms with van der Waals surface area (Å²) in [6.07, 6.45) is 8.52. The molecule has 2 aliphatic heterocycles. The Labute approximate surface area is 166 Å². The van der Waals surface area contributed by atoms with Crippen molar-refractivity contribution in [3.8, 4) is 0 Å². The van der Waals surface area contributed by atoms with Gasteiger partial charge in [-0.1, -0.05) is 13.3 Å². The molecule has 0 aromatic carbocycles. The van der Waals surface area contributed by atoms with Gasteiger partial charge in [0.2, 0.25) is 5.91 Å². The van der Waals surface area contributed by atoms with Crippen molar-refractivity contribution in [2.24, 2.45) is 17.8 Å². The summed E-state index contributed by atoms with van der Waals surface area (Å²) < 4.78 is 0. The standard InChI is InChI=1S/C22H31N3O3/c1-2-22(28)9-3-4-18-14-25(15-19(18)22)21(27)17-7-12-24(13-8-17)20(26)16-5-10-23-11-6-16/h5-6,10-11,17-19,28H,2-4,7-9,12-15H2,1H3/t18-,19+,22-/m0/s1. The van der Waals surface area contributed by atoms with Crippen molar-refractivity contribution in [2.75, 3.05) is 26.2 Å². The Morgan fingerprint density at radius 1 is 1.14 bits per heavy atom. The first-order chi connectivity index (χ1) is 13.5. The lowest BCUT2D eigenvalue weighted by atomic mass is 9.69. The predicted molar refractivity (Wildman–Crippen MR) is 106 cm³/mol. The summed E-state index contributed by atoms with van der Waals surface area (Å²) in [5, 5.41) is 11.0. The monoisotopic (exact) mass is 385 g/mol. The normalized spacial score (nSPS) is 30.9. The van der Waals surface area contributed by atoms with Crippen LogP contribution in [0, 0.1) is 17.8 Å². The number of hydrogen-bond acceptors (Lipinski definition) is 4. The Hall–Kier alpha value is -1.95. The fourth-order valence-corrected chi connectivity index (χ4v) is 5.51. The van der Waals surface area contributed by atoms with Crippen LogP contribution in [-0.2, 0) is 4.79 Å². The molecule has 1 aromatic rings. The summed E-state index contributed by atoms with van der Waals surface area (Å²) in [7, 11) is 0. The van der Waals surface area contributed by atoms with Gasteiger partial charge in [0.1, 0.15) is 0 Å². The van der Waals surface area contributed by atoms with Gasteiger partial charge in [-0.25, -0.2) is 0 Å². The highest BCUT2D eigenvalue weighted by Crippen LogP contribution is 2.44. The molecule has 0 bridgehead atoms. The van der Waals surface area contributed by atoms with E-state index in [0.29, 0.717) is 31.1 Å². The lowest BCUT2D eigenvalue weighted by Gasteiger charge is -2.40. The molecular weight excluding hydrogens is 354 g/mol. The molecule has 1 aliphatic carbocycles. The summed E-state index contributed by atoms with van der Waals surface area (Å²) >= 11 is 0. The van der Waals surface area contributed by atoms with Crippen molar-refractivity contribution in [3.05, 3.63) is 30.1 Å². The van der Waals surface area contributed by atoms with Gasteiger partial charge in [-0.2, -0.15) is 0 Å². The molecule has 2 saturated heterocycles. The van der Waals surface area contributed by atoms with E-state index in [0.717, 1.165) is 45.1 Å². The summed E-state index contributed by atoms with van der Waals surface area (Å²) in [4.78, 5) is 33.5. The Morgan fingerprint density at radius 2 is 1.86 bits per heavy atom. The summed E-state index contributed by atoms with van der Waals surface area (Å²) in [6, 6.07) is 3.47. The third-order valence-corrected chi connectivity index (χ3v) is 7.30. The second-order valence-corrected chi connectivity index (χ2v) is 8.76. The van der Waals surface area contributed by atoms with Crippen LogP contribution in [0.1, 0.15) is 55.8 Å². The molecule has 0 radical (unpaired) electrons. The van der Waals surface area contributed by atoms with E-state index in [1.165, 1.54) is 0 Å². The first kappa shape index (κ1) is 19.4. The van der Waals surface area contributed by atoms with Gasteiger partial charge in [0.05, 0.1) is 5.60 Å². The number of amides is 2. The fraction of sp³-hybridized carbons (Fsp3) is 0.682. The first-order valence-electron chi connectivity index (χ1n) is 10.7. The minimum Gasteiger partial charge on any atom is -0.390 e. The van der Waals surface area contributed by atoms with E-state index in [1.807, 2.05) is 9.80 Å². The van der Waals surface area contributed by atoms with Crippen molar-refractivity contribution in [1.82, 2.24) is 14.8 Å². The molecular formula is C22H31N3O3. The second kappa shape index (κ2) is 7.82. The van der Waals surface area contributed by atoms with E-state index >= 15 is 0 Å². The van der Waals surface area contributed by atoms with Gasteiger partial charge in [0, 0.05) is 56.0 Å². The van der Waals surface area contributed by atoms with Crippen LogP contribution >= 0.6 is 0 Å². The molecule has 3 fully saturated rings. The molecule has 3 atom stereocenters. The molecule has 1 N–H and O–H groups in total. The SMILES string of the molecule is CC[C@]1(O)CCC[C@H]2CN(C(=O)C3CCN(C(=O)c4ccncc4)CC3)C[C@H]21. The Bertz CT molecular complexity index is 717. The van der Waals surface area contributed by atoms with E-state index in [9.17, 15) is 14.7 Å². The number of carbonyl (C=O) groups is 2. The fourth-order valence-electron chi connectivity index (χ4n) is 5.51. The van der Waals surface area contributed by atoms with Crippen molar-refractivity contribution < 1.29 is 14.7 Å². The number of pyridine rings is 1. The highest BCUT2D eigenvalue weighted by Gasteiger charge is 2.49. The number of aliphatic hydroxyl groups is 1. The zero-order chi connectivity index (χ0) is 19.7. The van der Waals surface area contributed by atoms with E-state index in [-0.39, 0.29) is 23.7 Å². The maximum atomic E-state index is 13.1. The van der Waals surface area contributed by atoms with Gasteiger partial charge in [0.25, 0.3) is 5.91 Å². The van der Waals surface area contributed by atoms with Crippen LogP contribution in [-0.4, -0.2) is 63.5 Å². The average molecular weight is 386 g/mol. The summed E-state index contributed by atoms with van der Waals surface area (Å²) in [6.45, 7) is 4.79. The molecule has 2 amide bonds. The van der Waals surface area contributed by atoms with Crippen LogP contribution in [0.2, 0.25) is 0 Å². The molecule has 3 aliphatic rings. The highest BCUT2D eigenvalue weighted by atomic mass is 16.3. The number of likely N-dealkylation sites (tertiary alicyclic amines) is 2. The number of carbonyl (C=O) groups excluding carboxylic acids is 2. The smallest absolute Gasteiger partial charge is 0.253 e. The van der Waals surface area contributed by atoms with Crippen LogP contribution in [0.15, 0.2) is 24.5 Å². The Balaban J connectivity index is 1.34. The van der Waals surface area contributed by atoms with Crippen LogP contribution < -0.4 is 0 Å². The highest BCUT2D eigenvalue weighted by molar-refractivity contribution is 5.94. The van der Waals surface area contributed by atoms with Crippen molar-refractivity contribution in [3.63, 3.8) is 0 Å². The quantitative estimate of drug-likeness (QED) is 0.867. The predicted octanol–water partition coefficient (Wildman–Crippen LogP) is 2.33. The number of nitrogens with zero attached hydrogens (tertiary/aromatic N) is 3. The van der Waals surface area contributed by atoms with Gasteiger partial charge >= 0.3 is 0 Å². The van der Waals surface area contributed by atoms with E-state index < -0.39 is 5.60 Å². The maximum Gasteiger partial charge on any atom is 0.253 e. The third kappa shape index (κ3) is 3.54. The van der Waals surface area contributed by atoms with Crippen molar-refractivity contribution >= 4 is 11.8 Å². The molecule has 6 heteroatoms. The van der Waals surface area contributed by atoms with Gasteiger partial charge in [-0.05, 0) is 50.2 Å². The molecule has 152 valence electrons. The molecule has 6 nitrogen and oxygen atoms in total. The zero-order valence-electron chi connectivity index (χ0n) is 16.7. The van der Waals surface area contributed by atoms with Crippen LogP contribution in [0.3, 0.4) is 0 Å². The third-order valence-electron chi connectivity index (χ3n) is 7.30. The largest absolute Gasteiger partial charge is 0.390 e. The molecule has 3 heterocycles. The van der Waals surface area contributed by atoms with Crippen LogP contribution in [0.5, 0.6) is 0 Å². The number of fused-ring (bicyclic) bond motifs is 1. The maximum absolute atomic E-state index is 13.1. The molecule has 4 rings (SSSR count). The molecule has 1 aromatic heterocycles. The molecule has 0 spiro atoms. The van der Waals surface area contributed by atoms with Crippen molar-refractivity contribution in [1.29, 1.82) is 0 Å². The van der Waals surface area contributed by atoms with Gasteiger partial charge in [-0.3, -0.25) is 14.6 Å². The minimum atomic E-state index is -0.599. The van der Waals surface area contributed by atoms with E-state index in [4.69, 9.17) is 0 Å². The number of aromatic nitrogens is 1. The van der Waals surface area contributed by atoms with Crippen LogP contribution in [0.25, 0.3) is 0 Å². The lowest BCUT2D eigenvalue weighted by Crippen LogP contribution is -2.46. The number of piperidine rings is 1. The number of hydrogen-bond donors (Lipinski definition) is 1. The first-order valence-corrected chi connectivity index (χ1v) is 10.7. The molecule has 1 saturated carbocycles. The Kier molecular flexibility index (Phi) is 5.41. The topological polar surface area (TPSA) is 73.7 Å². The van der Waals surface area contributed by atoms with E-state index in [2.05, 4.69) is 11.9 Å². The van der Waals surface area contributed by atoms with Gasteiger partial charge < -0.3 is 14.9 Å². The van der Waals surface area contributed by atoms with Gasteiger partial charge in [-0.15, -0.1) is 0 Å². The number of rotatable bonds is 3. The average Bonchev–Trinajstić information content (AvgIpc) is 3.19. The zero-order valence-corrected chi connectivity index (χ0v) is 16.7. The summed E-state index contributed by atoms with van der Waals surface area (Å²) in [5.41, 5.74) is 0.0559. The second-order valence-electron chi connectivity index (χ2n) is 8.76. The minimum absolute atomic E-state index is 0.00337. The lowest BCUT2D eigenvalue weighted by molar-refractivity contribution is -0.136. The van der Waals surface area contributed by atoms with Crippen LogP contribution in [0.4, 0.5) is 0 Å². The molecule has 28 heavy (non-hydrogen) atoms.